The summed E-state index contributed by atoms with van der Waals surface area (Å²) in [6.45, 7) is 3.86. The summed E-state index contributed by atoms with van der Waals surface area (Å²) in [4.78, 5) is 44.1. The Morgan fingerprint density at radius 1 is 1.14 bits per heavy atom. The highest BCUT2D eigenvalue weighted by molar-refractivity contribution is 6.06. The van der Waals surface area contributed by atoms with Gasteiger partial charge in [0.15, 0.2) is 0 Å². The number of para-hydroxylation sites is 1. The van der Waals surface area contributed by atoms with Crippen LogP contribution in [0.4, 0.5) is 4.79 Å². The number of fused-ring (bicyclic) bond motifs is 1. The van der Waals surface area contributed by atoms with Crippen molar-refractivity contribution in [2.45, 2.75) is 57.7 Å². The number of hydrogen-bond acceptors (Lipinski definition) is 3. The van der Waals surface area contributed by atoms with Crippen molar-refractivity contribution < 1.29 is 14.4 Å². The van der Waals surface area contributed by atoms with Gasteiger partial charge in [-0.1, -0.05) is 18.2 Å². The second-order valence-corrected chi connectivity index (χ2v) is 7.92. The molecule has 3 heterocycles. The molecule has 0 bridgehead atoms. The van der Waals surface area contributed by atoms with E-state index in [1.807, 2.05) is 49.2 Å². The highest BCUT2D eigenvalue weighted by Gasteiger charge is 2.41. The lowest BCUT2D eigenvalue weighted by Crippen LogP contribution is -2.52. The molecule has 0 unspecified atom stereocenters. The van der Waals surface area contributed by atoms with Gasteiger partial charge in [0.05, 0.1) is 0 Å². The molecule has 7 heteroatoms. The van der Waals surface area contributed by atoms with E-state index in [2.05, 4.69) is 10.3 Å². The second-order valence-electron chi connectivity index (χ2n) is 7.92. The van der Waals surface area contributed by atoms with Crippen LogP contribution in [-0.4, -0.2) is 57.3 Å². The highest BCUT2D eigenvalue weighted by Crippen LogP contribution is 2.24. The van der Waals surface area contributed by atoms with E-state index >= 15 is 0 Å². The number of hydrogen-bond donors (Lipinski definition) is 2. The first-order valence-corrected chi connectivity index (χ1v) is 9.93. The van der Waals surface area contributed by atoms with E-state index in [4.69, 9.17) is 0 Å². The molecule has 1 aromatic heterocycles. The number of aromatic nitrogens is 1. The molecular formula is C21H26N4O3. The minimum atomic E-state index is -0.643. The number of piperidine rings is 1. The van der Waals surface area contributed by atoms with Crippen LogP contribution in [0.25, 0.3) is 10.9 Å². The Morgan fingerprint density at radius 2 is 1.86 bits per heavy atom. The number of nitrogens with one attached hydrogen (secondary N) is 2. The number of rotatable bonds is 4. The molecule has 3 atom stereocenters. The Morgan fingerprint density at radius 3 is 2.61 bits per heavy atom. The van der Waals surface area contributed by atoms with E-state index in [0.717, 1.165) is 40.6 Å². The monoisotopic (exact) mass is 382 g/mol. The number of aromatic amines is 1. The lowest BCUT2D eigenvalue weighted by molar-refractivity contribution is -0.141. The van der Waals surface area contributed by atoms with Crippen molar-refractivity contribution in [1.82, 2.24) is 20.1 Å². The van der Waals surface area contributed by atoms with Gasteiger partial charge in [0.2, 0.25) is 5.91 Å². The van der Waals surface area contributed by atoms with Crippen molar-refractivity contribution in [2.75, 3.05) is 6.54 Å². The zero-order valence-electron chi connectivity index (χ0n) is 16.3. The molecule has 2 aromatic rings. The third-order valence-corrected chi connectivity index (χ3v) is 5.98. The summed E-state index contributed by atoms with van der Waals surface area (Å²) in [6.07, 6.45) is 5.28. The summed E-state index contributed by atoms with van der Waals surface area (Å²) in [7, 11) is 0. The van der Waals surface area contributed by atoms with Gasteiger partial charge in [0, 0.05) is 35.6 Å². The number of carbonyl (C=O) groups is 3. The first kappa shape index (κ1) is 18.5. The Hall–Kier alpha value is -2.83. The van der Waals surface area contributed by atoms with Crippen LogP contribution in [0.5, 0.6) is 0 Å². The van der Waals surface area contributed by atoms with Crippen molar-refractivity contribution in [3.63, 3.8) is 0 Å². The zero-order chi connectivity index (χ0) is 19.8. The smallest absolute Gasteiger partial charge is 0.325 e. The largest absolute Gasteiger partial charge is 0.361 e. The molecule has 2 aliphatic rings. The Balaban J connectivity index is 1.46. The fraction of sp³-hybridized carbons (Fsp3) is 0.476. The van der Waals surface area contributed by atoms with Gasteiger partial charge in [-0.25, -0.2) is 4.79 Å². The molecule has 2 fully saturated rings. The van der Waals surface area contributed by atoms with Gasteiger partial charge in [0.25, 0.3) is 5.91 Å². The predicted octanol–water partition coefficient (Wildman–Crippen LogP) is 2.42. The average Bonchev–Trinajstić information content (AvgIpc) is 3.18. The van der Waals surface area contributed by atoms with Gasteiger partial charge in [-0.15, -0.1) is 0 Å². The van der Waals surface area contributed by atoms with Gasteiger partial charge in [-0.3, -0.25) is 14.5 Å². The number of urea groups is 1. The van der Waals surface area contributed by atoms with E-state index in [9.17, 15) is 14.4 Å². The maximum absolute atomic E-state index is 12.8. The fourth-order valence-electron chi connectivity index (χ4n) is 4.52. The van der Waals surface area contributed by atoms with Crippen LogP contribution >= 0.6 is 0 Å². The Kier molecular flexibility index (Phi) is 4.83. The molecule has 1 aromatic carbocycles. The molecule has 0 aliphatic carbocycles. The number of carbonyl (C=O) groups excluding carboxylic acids is 3. The van der Waals surface area contributed by atoms with Crippen LogP contribution in [0.2, 0.25) is 0 Å². The molecule has 7 nitrogen and oxygen atoms in total. The quantitative estimate of drug-likeness (QED) is 0.797. The second kappa shape index (κ2) is 7.30. The average molecular weight is 382 g/mol. The SMILES string of the molecule is C[C@@H]1CCC[C@@H](C)N1C(=O)CN1C(=O)N[C@H](Cc2c[nH]c3ccccc23)C1=O. The number of H-pyrrole nitrogens is 1. The highest BCUT2D eigenvalue weighted by atomic mass is 16.2. The van der Waals surface area contributed by atoms with Crippen LogP contribution < -0.4 is 5.32 Å². The van der Waals surface area contributed by atoms with Crippen LogP contribution in [0, 0.1) is 0 Å². The Labute approximate surface area is 164 Å². The molecule has 28 heavy (non-hydrogen) atoms. The summed E-state index contributed by atoms with van der Waals surface area (Å²) >= 11 is 0. The maximum atomic E-state index is 12.8. The van der Waals surface area contributed by atoms with E-state index in [0.29, 0.717) is 6.42 Å². The molecule has 4 rings (SSSR count). The number of benzene rings is 1. The molecule has 0 saturated carbocycles. The molecule has 148 valence electrons. The van der Waals surface area contributed by atoms with Crippen molar-refractivity contribution in [2.24, 2.45) is 0 Å². The molecule has 0 spiro atoms. The molecule has 4 amide bonds. The third-order valence-electron chi connectivity index (χ3n) is 5.98. The number of nitrogens with zero attached hydrogens (tertiary/aromatic N) is 2. The molecule has 2 saturated heterocycles. The summed E-state index contributed by atoms with van der Waals surface area (Å²) in [6, 6.07) is 7.00. The topological polar surface area (TPSA) is 85.5 Å². The molecule has 2 aliphatic heterocycles. The van der Waals surface area contributed by atoms with Gasteiger partial charge >= 0.3 is 6.03 Å². The van der Waals surface area contributed by atoms with Crippen LogP contribution in [-0.2, 0) is 16.0 Å². The maximum Gasteiger partial charge on any atom is 0.325 e. The van der Waals surface area contributed by atoms with Crippen molar-refractivity contribution >= 4 is 28.7 Å². The first-order valence-electron chi connectivity index (χ1n) is 9.93. The van der Waals surface area contributed by atoms with Crippen LogP contribution in [0.15, 0.2) is 30.5 Å². The standard InChI is InChI=1S/C21H26N4O3/c1-13-6-5-7-14(2)25(13)19(26)12-24-20(27)18(23-21(24)28)10-15-11-22-17-9-4-3-8-16(15)17/h3-4,8-9,11,13-14,18,22H,5-7,10,12H2,1-2H3,(H,23,28)/t13-,14-,18-/m1/s1. The summed E-state index contributed by atoms with van der Waals surface area (Å²) < 4.78 is 0. The van der Waals surface area contributed by atoms with E-state index in [1.54, 1.807) is 0 Å². The molecule has 2 N–H and O–H groups in total. The Bertz CT molecular complexity index is 911. The summed E-state index contributed by atoms with van der Waals surface area (Å²) in [5, 5.41) is 3.78. The molecule has 0 radical (unpaired) electrons. The van der Waals surface area contributed by atoms with Crippen molar-refractivity contribution in [3.05, 3.63) is 36.0 Å². The lowest BCUT2D eigenvalue weighted by atomic mass is 9.97. The van der Waals surface area contributed by atoms with E-state index in [1.165, 1.54) is 0 Å². The van der Waals surface area contributed by atoms with Gasteiger partial charge in [0.1, 0.15) is 12.6 Å². The number of likely N-dealkylation sites (tertiary alicyclic amines) is 1. The van der Waals surface area contributed by atoms with Crippen molar-refractivity contribution in [1.29, 1.82) is 0 Å². The predicted molar refractivity (Wildman–Crippen MR) is 106 cm³/mol. The van der Waals surface area contributed by atoms with E-state index in [-0.39, 0.29) is 30.4 Å². The zero-order valence-corrected chi connectivity index (χ0v) is 16.3. The minimum absolute atomic E-state index is 0.138. The van der Waals surface area contributed by atoms with E-state index < -0.39 is 12.1 Å². The van der Waals surface area contributed by atoms with Gasteiger partial charge < -0.3 is 15.2 Å². The van der Waals surface area contributed by atoms with Crippen LogP contribution in [0.3, 0.4) is 0 Å². The summed E-state index contributed by atoms with van der Waals surface area (Å²) in [5.41, 5.74) is 1.97. The minimum Gasteiger partial charge on any atom is -0.361 e. The number of amides is 4. The summed E-state index contributed by atoms with van der Waals surface area (Å²) in [5.74, 6) is -0.489. The van der Waals surface area contributed by atoms with Gasteiger partial charge in [-0.05, 0) is 44.7 Å². The lowest BCUT2D eigenvalue weighted by Gasteiger charge is -2.39. The fourth-order valence-corrected chi connectivity index (χ4v) is 4.52. The first-order chi connectivity index (χ1) is 13.5. The van der Waals surface area contributed by atoms with Crippen molar-refractivity contribution in [3.8, 4) is 0 Å². The molecular weight excluding hydrogens is 356 g/mol. The number of imide groups is 1. The third kappa shape index (κ3) is 3.25. The van der Waals surface area contributed by atoms with Gasteiger partial charge in [-0.2, -0.15) is 0 Å². The normalized spacial score (nSPS) is 25.4. The van der Waals surface area contributed by atoms with Crippen LogP contribution in [0.1, 0.15) is 38.7 Å².